The minimum Gasteiger partial charge on any atom is -0.390 e. The van der Waals surface area contributed by atoms with Crippen molar-refractivity contribution in [3.63, 3.8) is 0 Å². The molecular weight excluding hydrogens is 316 g/mol. The Morgan fingerprint density at radius 1 is 0.880 bits per heavy atom. The highest BCUT2D eigenvalue weighted by Gasteiger charge is 2.47. The van der Waals surface area contributed by atoms with E-state index >= 15 is 0 Å². The number of aliphatic hydroxyl groups excluding tert-OH is 2. The van der Waals surface area contributed by atoms with Gasteiger partial charge in [0.15, 0.2) is 5.78 Å². The molecule has 2 saturated carbocycles. The quantitative estimate of drug-likeness (QED) is 0.759. The molecule has 4 nitrogen and oxygen atoms in total. The molecule has 142 valence electrons. The summed E-state index contributed by atoms with van der Waals surface area (Å²) >= 11 is 0. The molecule has 2 fully saturated rings. The van der Waals surface area contributed by atoms with Crippen LogP contribution in [0.15, 0.2) is 11.1 Å². The van der Waals surface area contributed by atoms with Crippen molar-refractivity contribution in [2.75, 3.05) is 7.11 Å². The molecule has 4 rings (SSSR count). The largest absolute Gasteiger partial charge is 0.390 e. The number of ketones is 1. The molecule has 4 aliphatic carbocycles. The third-order valence-corrected chi connectivity index (χ3v) is 6.69. The molecule has 5 unspecified atom stereocenters. The van der Waals surface area contributed by atoms with E-state index in [0.717, 1.165) is 43.3 Å². The lowest BCUT2D eigenvalue weighted by Crippen LogP contribution is -2.51. The average molecular weight is 350 g/mol. The SMILES string of the molecule is C1CCCCC1.COC1CC2CCC(=O)C3=C(CCC3)C2C(O)C1O. The summed E-state index contributed by atoms with van der Waals surface area (Å²) in [5.41, 5.74) is 2.09. The van der Waals surface area contributed by atoms with Crippen molar-refractivity contribution in [3.05, 3.63) is 11.1 Å². The highest BCUT2D eigenvalue weighted by Crippen LogP contribution is 2.47. The van der Waals surface area contributed by atoms with Gasteiger partial charge in [-0.3, -0.25) is 4.79 Å². The Balaban J connectivity index is 0.000000258. The van der Waals surface area contributed by atoms with Crippen LogP contribution in [-0.2, 0) is 9.53 Å². The van der Waals surface area contributed by atoms with Crippen LogP contribution in [0.4, 0.5) is 0 Å². The number of methoxy groups -OCH3 is 1. The number of aliphatic hydroxyl groups is 2. The second kappa shape index (κ2) is 8.79. The Bertz CT molecular complexity index is 483. The predicted octanol–water partition coefficient (Wildman–Crippen LogP) is 3.54. The summed E-state index contributed by atoms with van der Waals surface area (Å²) < 4.78 is 5.29. The van der Waals surface area contributed by atoms with Crippen LogP contribution in [0.5, 0.6) is 0 Å². The van der Waals surface area contributed by atoms with Crippen LogP contribution < -0.4 is 0 Å². The third kappa shape index (κ3) is 4.17. The van der Waals surface area contributed by atoms with Crippen LogP contribution in [0.25, 0.3) is 0 Å². The molecular formula is C21H34O4. The maximum Gasteiger partial charge on any atom is 0.158 e. The van der Waals surface area contributed by atoms with Crippen LogP contribution in [0.1, 0.15) is 77.0 Å². The minimum atomic E-state index is -0.839. The Labute approximate surface area is 151 Å². The van der Waals surface area contributed by atoms with Crippen LogP contribution >= 0.6 is 0 Å². The normalized spacial score (nSPS) is 38.4. The number of fused-ring (bicyclic) bond motifs is 2. The molecule has 0 bridgehead atoms. The Morgan fingerprint density at radius 3 is 2.12 bits per heavy atom. The summed E-state index contributed by atoms with van der Waals surface area (Å²) in [7, 11) is 1.57. The maximum atomic E-state index is 12.1. The molecule has 0 spiro atoms. The molecule has 0 saturated heterocycles. The molecule has 5 atom stereocenters. The summed E-state index contributed by atoms with van der Waals surface area (Å²) in [4.78, 5) is 12.1. The fraction of sp³-hybridized carbons (Fsp3) is 0.857. The number of carbonyl (C=O) groups is 1. The zero-order valence-corrected chi connectivity index (χ0v) is 15.6. The van der Waals surface area contributed by atoms with E-state index in [1.54, 1.807) is 7.11 Å². The van der Waals surface area contributed by atoms with E-state index in [1.807, 2.05) is 0 Å². The second-order valence-electron chi connectivity index (χ2n) is 8.22. The van der Waals surface area contributed by atoms with E-state index in [1.165, 1.54) is 38.5 Å². The number of hydrogen-bond acceptors (Lipinski definition) is 4. The number of ether oxygens (including phenoxy) is 1. The van der Waals surface area contributed by atoms with Gasteiger partial charge in [0.1, 0.15) is 6.10 Å². The first-order chi connectivity index (χ1) is 12.1. The zero-order valence-electron chi connectivity index (χ0n) is 15.6. The average Bonchev–Trinajstić information content (AvgIpc) is 3.09. The highest BCUT2D eigenvalue weighted by atomic mass is 16.5. The third-order valence-electron chi connectivity index (χ3n) is 6.69. The molecule has 4 aliphatic rings. The van der Waals surface area contributed by atoms with Gasteiger partial charge in [0.25, 0.3) is 0 Å². The van der Waals surface area contributed by atoms with Crippen LogP contribution in [-0.4, -0.2) is 41.4 Å². The Morgan fingerprint density at radius 2 is 1.52 bits per heavy atom. The number of carbonyl (C=O) groups excluding carboxylic acids is 1. The van der Waals surface area contributed by atoms with Gasteiger partial charge in [-0.25, -0.2) is 0 Å². The van der Waals surface area contributed by atoms with Crippen molar-refractivity contribution in [1.29, 1.82) is 0 Å². The molecule has 0 aromatic heterocycles. The van der Waals surface area contributed by atoms with Gasteiger partial charge in [-0.2, -0.15) is 0 Å². The molecule has 0 heterocycles. The lowest BCUT2D eigenvalue weighted by molar-refractivity contribution is -0.134. The first-order valence-corrected chi connectivity index (χ1v) is 10.3. The predicted molar refractivity (Wildman–Crippen MR) is 97.2 cm³/mol. The van der Waals surface area contributed by atoms with Gasteiger partial charge in [-0.1, -0.05) is 44.1 Å². The van der Waals surface area contributed by atoms with Crippen LogP contribution in [0, 0.1) is 11.8 Å². The minimum absolute atomic E-state index is 0.0367. The number of allylic oxidation sites excluding steroid dienone is 1. The Kier molecular flexibility index (Phi) is 6.70. The molecule has 0 amide bonds. The smallest absolute Gasteiger partial charge is 0.158 e. The van der Waals surface area contributed by atoms with Gasteiger partial charge in [0, 0.05) is 19.4 Å². The van der Waals surface area contributed by atoms with E-state index in [-0.39, 0.29) is 23.7 Å². The summed E-state index contributed by atoms with van der Waals surface area (Å²) in [5.74, 6) is 0.487. The summed E-state index contributed by atoms with van der Waals surface area (Å²) in [6, 6.07) is 0. The van der Waals surface area contributed by atoms with E-state index in [4.69, 9.17) is 4.74 Å². The highest BCUT2D eigenvalue weighted by molar-refractivity contribution is 5.97. The lowest BCUT2D eigenvalue weighted by atomic mass is 9.69. The van der Waals surface area contributed by atoms with Gasteiger partial charge in [-0.05, 0) is 43.6 Å². The molecule has 0 aromatic rings. The van der Waals surface area contributed by atoms with Gasteiger partial charge in [0.05, 0.1) is 12.2 Å². The van der Waals surface area contributed by atoms with Crippen molar-refractivity contribution in [2.45, 2.75) is 95.4 Å². The molecule has 0 radical (unpaired) electrons. The van der Waals surface area contributed by atoms with Crippen molar-refractivity contribution >= 4 is 5.78 Å². The fourth-order valence-corrected chi connectivity index (χ4v) is 5.30. The van der Waals surface area contributed by atoms with Gasteiger partial charge >= 0.3 is 0 Å². The van der Waals surface area contributed by atoms with Crippen molar-refractivity contribution in [1.82, 2.24) is 0 Å². The first-order valence-electron chi connectivity index (χ1n) is 10.3. The molecule has 0 aliphatic heterocycles. The number of Topliss-reactive ketones (excluding diaryl/α,β-unsaturated/α-hetero) is 1. The summed E-state index contributed by atoms with van der Waals surface area (Å²) in [5, 5.41) is 20.6. The van der Waals surface area contributed by atoms with E-state index < -0.39 is 12.2 Å². The van der Waals surface area contributed by atoms with E-state index in [2.05, 4.69) is 0 Å². The van der Waals surface area contributed by atoms with Gasteiger partial charge in [0.2, 0.25) is 0 Å². The molecule has 0 aromatic carbocycles. The van der Waals surface area contributed by atoms with Crippen molar-refractivity contribution in [2.24, 2.45) is 11.8 Å². The lowest BCUT2D eigenvalue weighted by Gasteiger charge is -2.42. The van der Waals surface area contributed by atoms with Crippen molar-refractivity contribution in [3.8, 4) is 0 Å². The van der Waals surface area contributed by atoms with Crippen LogP contribution in [0.3, 0.4) is 0 Å². The van der Waals surface area contributed by atoms with Crippen molar-refractivity contribution < 1.29 is 19.7 Å². The second-order valence-corrected chi connectivity index (χ2v) is 8.22. The summed E-state index contributed by atoms with van der Waals surface area (Å²) in [6.45, 7) is 0. The maximum absolute atomic E-state index is 12.1. The summed E-state index contributed by atoms with van der Waals surface area (Å²) in [6.07, 6.45) is 12.0. The topological polar surface area (TPSA) is 66.8 Å². The molecule has 4 heteroatoms. The van der Waals surface area contributed by atoms with E-state index in [0.29, 0.717) is 6.42 Å². The number of hydrogen-bond donors (Lipinski definition) is 2. The number of rotatable bonds is 1. The van der Waals surface area contributed by atoms with E-state index in [9.17, 15) is 15.0 Å². The van der Waals surface area contributed by atoms with Crippen LogP contribution in [0.2, 0.25) is 0 Å². The molecule has 2 N–H and O–H groups in total. The van der Waals surface area contributed by atoms with Gasteiger partial charge < -0.3 is 14.9 Å². The Hall–Kier alpha value is -0.710. The first kappa shape index (κ1) is 19.1. The van der Waals surface area contributed by atoms with Gasteiger partial charge in [-0.15, -0.1) is 0 Å². The molecule has 25 heavy (non-hydrogen) atoms. The monoisotopic (exact) mass is 350 g/mol. The fourth-order valence-electron chi connectivity index (χ4n) is 5.30. The standard InChI is InChI=1S/C15H22O4.C6H12/c1-19-12-7-8-5-6-11(16)9-3-2-4-10(9)13(8)15(18)14(12)17;1-2-4-6-5-3-1/h8,12-15,17-18H,2-7H2,1H3;1-6H2. The zero-order chi connectivity index (χ0) is 17.8.